The van der Waals surface area contributed by atoms with E-state index in [4.69, 9.17) is 9.96 Å². The third-order valence-electron chi connectivity index (χ3n) is 5.82. The van der Waals surface area contributed by atoms with E-state index in [0.717, 1.165) is 36.8 Å². The molecule has 0 bridgehead atoms. The summed E-state index contributed by atoms with van der Waals surface area (Å²) in [7, 11) is 0. The van der Waals surface area contributed by atoms with Gasteiger partial charge in [0.2, 0.25) is 0 Å². The summed E-state index contributed by atoms with van der Waals surface area (Å²) in [6.45, 7) is 9.61. The Balaban J connectivity index is 2.61. The predicted molar refractivity (Wildman–Crippen MR) is 111 cm³/mol. The molecule has 0 spiro atoms. The third-order valence-corrected chi connectivity index (χ3v) is 10.8. The van der Waals surface area contributed by atoms with Crippen molar-refractivity contribution < 1.29 is 42.1 Å². The van der Waals surface area contributed by atoms with Crippen LogP contribution in [0, 0.1) is 0 Å². The molecule has 0 saturated heterocycles. The molecular formula is C23H36O6Ti. The Labute approximate surface area is 185 Å². The van der Waals surface area contributed by atoms with Crippen molar-refractivity contribution in [2.24, 2.45) is 0 Å². The van der Waals surface area contributed by atoms with E-state index in [1.165, 1.54) is 5.57 Å². The zero-order valence-corrected chi connectivity index (χ0v) is 20.7. The first kappa shape index (κ1) is 24.9. The second-order valence-corrected chi connectivity index (χ2v) is 12.7. The fourth-order valence-electron chi connectivity index (χ4n) is 4.39. The fraction of sp³-hybridized carbons (Fsp3) is 0.696. The topological polar surface area (TPSA) is 78.9 Å². The molecule has 0 aromatic heterocycles. The average molecular weight is 456 g/mol. The Bertz CT molecular complexity index is 688. The van der Waals surface area contributed by atoms with Gasteiger partial charge in [0, 0.05) is 0 Å². The average Bonchev–Trinajstić information content (AvgIpc) is 2.94. The Morgan fingerprint density at radius 1 is 0.867 bits per heavy atom. The van der Waals surface area contributed by atoms with Crippen LogP contribution in [0.3, 0.4) is 0 Å². The number of hydrogen-bond acceptors (Lipinski definition) is 6. The molecular weight excluding hydrogens is 420 g/mol. The van der Waals surface area contributed by atoms with Crippen molar-refractivity contribution >= 4 is 17.9 Å². The van der Waals surface area contributed by atoms with Gasteiger partial charge in [0.05, 0.1) is 0 Å². The van der Waals surface area contributed by atoms with Crippen LogP contribution in [0.2, 0.25) is 3.72 Å². The first-order valence-corrected chi connectivity index (χ1v) is 14.0. The molecule has 2 aliphatic rings. The molecule has 1 unspecified atom stereocenters. The number of rotatable bonds is 10. The molecule has 6 nitrogen and oxygen atoms in total. The van der Waals surface area contributed by atoms with Crippen LogP contribution in [0.15, 0.2) is 22.8 Å². The number of carbonyl (C=O) groups excluding carboxylic acids is 3. The number of hydrogen-bond donors (Lipinski definition) is 0. The van der Waals surface area contributed by atoms with Gasteiger partial charge in [-0.15, -0.1) is 0 Å². The van der Waals surface area contributed by atoms with E-state index in [1.807, 2.05) is 40.7 Å². The quantitative estimate of drug-likeness (QED) is 0.380. The summed E-state index contributed by atoms with van der Waals surface area (Å²) in [5, 5.41) is 0. The van der Waals surface area contributed by atoms with Gasteiger partial charge < -0.3 is 0 Å². The standard InChI is InChI=1S/C11H15.3C4H8O2.Ti/c1-8-7-9(2)11-6-4-3-5-10(8)11;3*1-2-3-4(5)6;/h7H,3-6H2,1-2H3;3*2-3H2,1H3,(H,5,6);/q;;;;+3/p-3. The summed E-state index contributed by atoms with van der Waals surface area (Å²) in [5.74, 6) is -1.41. The van der Waals surface area contributed by atoms with Crippen LogP contribution in [-0.2, 0) is 42.1 Å². The van der Waals surface area contributed by atoms with E-state index in [-0.39, 0.29) is 19.3 Å². The molecule has 0 amide bonds. The van der Waals surface area contributed by atoms with Gasteiger partial charge in [-0.05, 0) is 0 Å². The van der Waals surface area contributed by atoms with Crippen LogP contribution >= 0.6 is 0 Å². The minimum atomic E-state index is -4.82. The molecule has 0 radical (unpaired) electrons. The van der Waals surface area contributed by atoms with E-state index in [2.05, 4.69) is 0 Å². The molecule has 30 heavy (non-hydrogen) atoms. The maximum atomic E-state index is 12.7. The van der Waals surface area contributed by atoms with Gasteiger partial charge in [0.1, 0.15) is 0 Å². The van der Waals surface area contributed by atoms with Gasteiger partial charge in [-0.25, -0.2) is 0 Å². The molecule has 0 fully saturated rings. The van der Waals surface area contributed by atoms with Gasteiger partial charge in [0.15, 0.2) is 0 Å². The summed E-state index contributed by atoms with van der Waals surface area (Å²) in [4.78, 5) is 38.0. The summed E-state index contributed by atoms with van der Waals surface area (Å²) in [6, 6.07) is 0. The summed E-state index contributed by atoms with van der Waals surface area (Å²) in [6.07, 6.45) is 8.28. The van der Waals surface area contributed by atoms with Crippen LogP contribution in [0.1, 0.15) is 98.8 Å². The minimum absolute atomic E-state index is 0.189. The van der Waals surface area contributed by atoms with E-state index < -0.39 is 39.4 Å². The summed E-state index contributed by atoms with van der Waals surface area (Å²) in [5.41, 5.74) is 3.46. The fourth-order valence-corrected chi connectivity index (χ4v) is 9.08. The van der Waals surface area contributed by atoms with Crippen LogP contribution < -0.4 is 0 Å². The molecule has 2 aliphatic carbocycles. The number of allylic oxidation sites excluding steroid dienone is 4. The molecule has 0 aliphatic heterocycles. The number of carbonyl (C=O) groups is 3. The second kappa shape index (κ2) is 10.8. The van der Waals surface area contributed by atoms with Crippen LogP contribution in [0.4, 0.5) is 0 Å². The van der Waals surface area contributed by atoms with Crippen molar-refractivity contribution in [2.45, 2.75) is 103 Å². The molecule has 2 rings (SSSR count). The van der Waals surface area contributed by atoms with Crippen molar-refractivity contribution in [3.05, 3.63) is 22.8 Å². The molecule has 0 heterocycles. The zero-order valence-electron chi connectivity index (χ0n) is 19.1. The molecule has 0 N–H and O–H groups in total. The van der Waals surface area contributed by atoms with Crippen LogP contribution in [0.25, 0.3) is 0 Å². The van der Waals surface area contributed by atoms with E-state index >= 15 is 0 Å². The molecule has 168 valence electrons. The van der Waals surface area contributed by atoms with Gasteiger partial charge in [-0.1, -0.05) is 0 Å². The van der Waals surface area contributed by atoms with Crippen molar-refractivity contribution in [3.8, 4) is 0 Å². The van der Waals surface area contributed by atoms with Crippen molar-refractivity contribution in [2.75, 3.05) is 0 Å². The first-order valence-electron chi connectivity index (χ1n) is 11.3. The van der Waals surface area contributed by atoms with Gasteiger partial charge in [-0.3, -0.25) is 0 Å². The Kier molecular flexibility index (Phi) is 8.92. The SMILES string of the molecule is CCCC(=O)[O][Ti]([O]C(=O)CCC)([O]C(=O)CCC)[C]1(C)C=C(C)C2=C1CCCC2. The zero-order chi connectivity index (χ0) is 22.4. The molecule has 0 saturated carbocycles. The van der Waals surface area contributed by atoms with Crippen molar-refractivity contribution in [3.63, 3.8) is 0 Å². The summed E-state index contributed by atoms with van der Waals surface area (Å²) < 4.78 is 17.1. The predicted octanol–water partition coefficient (Wildman–Crippen LogP) is 5.92. The van der Waals surface area contributed by atoms with E-state index in [1.54, 1.807) is 0 Å². The maximum absolute atomic E-state index is 12.7. The normalized spacial score (nSPS) is 21.0. The van der Waals surface area contributed by atoms with Gasteiger partial charge in [0.25, 0.3) is 0 Å². The van der Waals surface area contributed by atoms with E-state index in [9.17, 15) is 14.4 Å². The Morgan fingerprint density at radius 2 is 1.30 bits per heavy atom. The molecule has 1 atom stereocenters. The van der Waals surface area contributed by atoms with Gasteiger partial charge in [-0.2, -0.15) is 0 Å². The monoisotopic (exact) mass is 456 g/mol. The second-order valence-electron chi connectivity index (χ2n) is 8.42. The molecule has 0 aromatic rings. The van der Waals surface area contributed by atoms with Crippen LogP contribution in [0.5, 0.6) is 0 Å². The molecule has 7 heteroatoms. The van der Waals surface area contributed by atoms with Crippen molar-refractivity contribution in [1.29, 1.82) is 0 Å². The Morgan fingerprint density at radius 3 is 1.73 bits per heavy atom. The van der Waals surface area contributed by atoms with Crippen molar-refractivity contribution in [1.82, 2.24) is 0 Å². The van der Waals surface area contributed by atoms with E-state index in [0.29, 0.717) is 19.3 Å². The summed E-state index contributed by atoms with van der Waals surface area (Å²) >= 11 is -4.82. The molecule has 0 aromatic carbocycles. The van der Waals surface area contributed by atoms with Crippen LogP contribution in [-0.4, -0.2) is 17.9 Å². The first-order chi connectivity index (χ1) is 14.2. The van der Waals surface area contributed by atoms with Gasteiger partial charge >= 0.3 is 185 Å². The Hall–Kier alpha value is -1.40. The third kappa shape index (κ3) is 5.26.